The maximum Gasteiger partial charge on any atom is 0.132 e. The molecule has 0 radical (unpaired) electrons. The molecule has 0 spiro atoms. The average molecular weight is 359 g/mol. The van der Waals surface area contributed by atoms with Gasteiger partial charge in [0.05, 0.1) is 12.3 Å². The SMILES string of the molecule is Cc1nc([C@H]2CCOC2)cc(N2CCN(c3cccc(Cl)c3)CC2)n1. The molecule has 1 aromatic heterocycles. The number of aryl methyl sites for hydroxylation is 1. The number of rotatable bonds is 3. The van der Waals surface area contributed by atoms with E-state index in [4.69, 9.17) is 16.3 Å². The van der Waals surface area contributed by atoms with Crippen LogP contribution >= 0.6 is 11.6 Å². The zero-order chi connectivity index (χ0) is 17.2. The normalized spacial score (nSPS) is 21.0. The van der Waals surface area contributed by atoms with Crippen molar-refractivity contribution in [2.24, 2.45) is 0 Å². The van der Waals surface area contributed by atoms with Crippen LogP contribution < -0.4 is 9.80 Å². The van der Waals surface area contributed by atoms with E-state index in [2.05, 4.69) is 31.9 Å². The molecule has 0 aliphatic carbocycles. The minimum atomic E-state index is 0.410. The first-order valence-electron chi connectivity index (χ1n) is 8.88. The lowest BCUT2D eigenvalue weighted by Gasteiger charge is -2.37. The second-order valence-corrected chi connectivity index (χ2v) is 7.15. The lowest BCUT2D eigenvalue weighted by atomic mass is 10.0. The lowest BCUT2D eigenvalue weighted by molar-refractivity contribution is 0.193. The third kappa shape index (κ3) is 3.72. The standard InChI is InChI=1S/C19H23ClN4O/c1-14-21-18(15-5-10-25-13-15)12-19(22-14)24-8-6-23(7-9-24)17-4-2-3-16(20)11-17/h2-4,11-12,15H,5-10,13H2,1H3/t15-/m0/s1. The van der Waals surface area contributed by atoms with Crippen LogP contribution in [0.15, 0.2) is 30.3 Å². The van der Waals surface area contributed by atoms with Crippen molar-refractivity contribution in [1.29, 1.82) is 0 Å². The van der Waals surface area contributed by atoms with Crippen LogP contribution in [0.25, 0.3) is 0 Å². The molecule has 2 aliphatic heterocycles. The van der Waals surface area contributed by atoms with Gasteiger partial charge < -0.3 is 14.5 Å². The molecule has 0 bridgehead atoms. The van der Waals surface area contributed by atoms with Gasteiger partial charge in [0.2, 0.25) is 0 Å². The fourth-order valence-corrected chi connectivity index (χ4v) is 3.76. The van der Waals surface area contributed by atoms with Crippen LogP contribution in [0.3, 0.4) is 0 Å². The average Bonchev–Trinajstić information content (AvgIpc) is 3.16. The first-order valence-corrected chi connectivity index (χ1v) is 9.25. The summed E-state index contributed by atoms with van der Waals surface area (Å²) in [6.45, 7) is 7.41. The molecule has 2 fully saturated rings. The third-order valence-electron chi connectivity index (χ3n) is 4.97. The summed E-state index contributed by atoms with van der Waals surface area (Å²) in [5.41, 5.74) is 2.31. The topological polar surface area (TPSA) is 41.5 Å². The van der Waals surface area contributed by atoms with Gasteiger partial charge in [0.15, 0.2) is 0 Å². The van der Waals surface area contributed by atoms with Crippen molar-refractivity contribution in [3.05, 3.63) is 46.9 Å². The van der Waals surface area contributed by atoms with Gasteiger partial charge in [-0.25, -0.2) is 9.97 Å². The molecule has 5 nitrogen and oxygen atoms in total. The van der Waals surface area contributed by atoms with E-state index < -0.39 is 0 Å². The summed E-state index contributed by atoms with van der Waals surface area (Å²) in [6.07, 6.45) is 1.05. The first-order chi connectivity index (χ1) is 12.2. The van der Waals surface area contributed by atoms with Gasteiger partial charge >= 0.3 is 0 Å². The molecular weight excluding hydrogens is 336 g/mol. The van der Waals surface area contributed by atoms with Gasteiger partial charge in [-0.2, -0.15) is 0 Å². The molecule has 4 rings (SSSR count). The number of benzene rings is 1. The number of piperazine rings is 1. The number of hydrogen-bond donors (Lipinski definition) is 0. The highest BCUT2D eigenvalue weighted by Gasteiger charge is 2.23. The highest BCUT2D eigenvalue weighted by atomic mass is 35.5. The number of nitrogens with zero attached hydrogens (tertiary/aromatic N) is 4. The predicted molar refractivity (Wildman–Crippen MR) is 101 cm³/mol. The highest BCUT2D eigenvalue weighted by Crippen LogP contribution is 2.27. The Hall–Kier alpha value is -1.85. The van der Waals surface area contributed by atoms with Gasteiger partial charge in [-0.3, -0.25) is 0 Å². The smallest absolute Gasteiger partial charge is 0.132 e. The second kappa shape index (κ2) is 7.18. The molecule has 25 heavy (non-hydrogen) atoms. The summed E-state index contributed by atoms with van der Waals surface area (Å²) in [4.78, 5) is 14.0. The van der Waals surface area contributed by atoms with Gasteiger partial charge in [-0.15, -0.1) is 0 Å². The number of halogens is 1. The molecule has 6 heteroatoms. The highest BCUT2D eigenvalue weighted by molar-refractivity contribution is 6.30. The maximum atomic E-state index is 6.12. The van der Waals surface area contributed by atoms with Crippen molar-refractivity contribution in [2.75, 3.05) is 49.2 Å². The summed E-state index contributed by atoms with van der Waals surface area (Å²) >= 11 is 6.12. The molecule has 132 valence electrons. The Balaban J connectivity index is 1.47. The second-order valence-electron chi connectivity index (χ2n) is 6.71. The van der Waals surface area contributed by atoms with E-state index in [0.29, 0.717) is 5.92 Å². The summed E-state index contributed by atoms with van der Waals surface area (Å²) in [5.74, 6) is 2.30. The van der Waals surface area contributed by atoms with E-state index in [1.807, 2.05) is 25.1 Å². The Kier molecular flexibility index (Phi) is 4.77. The van der Waals surface area contributed by atoms with Crippen molar-refractivity contribution in [2.45, 2.75) is 19.3 Å². The van der Waals surface area contributed by atoms with Crippen LogP contribution in [0.1, 0.15) is 23.9 Å². The van der Waals surface area contributed by atoms with E-state index in [9.17, 15) is 0 Å². The molecule has 2 aliphatic rings. The molecule has 1 atom stereocenters. The summed E-state index contributed by atoms with van der Waals surface area (Å²) in [6, 6.07) is 10.2. The Morgan fingerprint density at radius 1 is 1.08 bits per heavy atom. The van der Waals surface area contributed by atoms with Crippen molar-refractivity contribution >= 4 is 23.1 Å². The Morgan fingerprint density at radius 2 is 1.88 bits per heavy atom. The van der Waals surface area contributed by atoms with Gasteiger partial charge in [-0.1, -0.05) is 17.7 Å². The van der Waals surface area contributed by atoms with Gasteiger partial charge in [-0.05, 0) is 31.5 Å². The summed E-state index contributed by atoms with van der Waals surface area (Å²) < 4.78 is 5.52. The van der Waals surface area contributed by atoms with Gasteiger partial charge in [0.1, 0.15) is 11.6 Å². The van der Waals surface area contributed by atoms with Crippen LogP contribution in [0.4, 0.5) is 11.5 Å². The van der Waals surface area contributed by atoms with E-state index in [0.717, 1.165) is 68.2 Å². The largest absolute Gasteiger partial charge is 0.381 e. The summed E-state index contributed by atoms with van der Waals surface area (Å²) in [5, 5.41) is 0.787. The molecular formula is C19H23ClN4O. The van der Waals surface area contributed by atoms with Crippen LogP contribution in [-0.2, 0) is 4.74 Å². The Morgan fingerprint density at radius 3 is 2.60 bits per heavy atom. The Bertz CT molecular complexity index is 740. The zero-order valence-electron chi connectivity index (χ0n) is 14.5. The quantitative estimate of drug-likeness (QED) is 0.842. The fraction of sp³-hybridized carbons (Fsp3) is 0.474. The van der Waals surface area contributed by atoms with Crippen molar-refractivity contribution in [3.8, 4) is 0 Å². The van der Waals surface area contributed by atoms with E-state index in [1.54, 1.807) is 0 Å². The fourth-order valence-electron chi connectivity index (χ4n) is 3.58. The Labute approximate surface area is 153 Å². The van der Waals surface area contributed by atoms with Crippen molar-refractivity contribution in [3.63, 3.8) is 0 Å². The van der Waals surface area contributed by atoms with Gasteiger partial charge in [0, 0.05) is 55.5 Å². The predicted octanol–water partition coefficient (Wildman–Crippen LogP) is 3.27. The molecule has 2 aromatic rings. The molecule has 0 amide bonds. The molecule has 2 saturated heterocycles. The number of hydrogen-bond acceptors (Lipinski definition) is 5. The first kappa shape index (κ1) is 16.6. The molecule has 0 unspecified atom stereocenters. The molecule has 3 heterocycles. The van der Waals surface area contributed by atoms with Crippen LogP contribution in [0.2, 0.25) is 5.02 Å². The van der Waals surface area contributed by atoms with Crippen molar-refractivity contribution in [1.82, 2.24) is 9.97 Å². The number of anilines is 2. The summed E-state index contributed by atoms with van der Waals surface area (Å²) in [7, 11) is 0. The lowest BCUT2D eigenvalue weighted by Crippen LogP contribution is -2.47. The van der Waals surface area contributed by atoms with Crippen molar-refractivity contribution < 1.29 is 4.74 Å². The number of ether oxygens (including phenoxy) is 1. The van der Waals surface area contributed by atoms with E-state index in [-0.39, 0.29) is 0 Å². The van der Waals surface area contributed by atoms with E-state index in [1.165, 1.54) is 5.69 Å². The molecule has 1 aromatic carbocycles. The van der Waals surface area contributed by atoms with E-state index >= 15 is 0 Å². The van der Waals surface area contributed by atoms with Crippen LogP contribution in [0, 0.1) is 6.92 Å². The third-order valence-corrected chi connectivity index (χ3v) is 5.20. The monoisotopic (exact) mass is 358 g/mol. The molecule has 0 N–H and O–H groups in total. The zero-order valence-corrected chi connectivity index (χ0v) is 15.2. The minimum Gasteiger partial charge on any atom is -0.381 e. The van der Waals surface area contributed by atoms with Gasteiger partial charge in [0.25, 0.3) is 0 Å². The van der Waals surface area contributed by atoms with Crippen LogP contribution in [0.5, 0.6) is 0 Å². The molecule has 0 saturated carbocycles. The minimum absolute atomic E-state index is 0.410. The van der Waals surface area contributed by atoms with Crippen LogP contribution in [-0.4, -0.2) is 49.4 Å². The maximum absolute atomic E-state index is 6.12. The number of aromatic nitrogens is 2.